The van der Waals surface area contributed by atoms with Crippen molar-refractivity contribution in [2.45, 2.75) is 26.3 Å². The molecule has 0 N–H and O–H groups in total. The minimum absolute atomic E-state index is 0.155. The molecule has 2 fully saturated rings. The number of ketones is 1. The summed E-state index contributed by atoms with van der Waals surface area (Å²) in [6.07, 6.45) is 4.56. The van der Waals surface area contributed by atoms with Gasteiger partial charge in [0, 0.05) is 63.8 Å². The maximum atomic E-state index is 11.5. The Morgan fingerprint density at radius 2 is 1.71 bits per heavy atom. The summed E-state index contributed by atoms with van der Waals surface area (Å²) in [4.78, 5) is 19.1. The number of hydrogen-bond donors (Lipinski definition) is 0. The van der Waals surface area contributed by atoms with E-state index in [2.05, 4.69) is 32.4 Å². The van der Waals surface area contributed by atoms with Gasteiger partial charge in [0.25, 0.3) is 0 Å². The SMILES string of the molecule is CC(=O)c1cc(CN2CCC(CN3CCN(C)CC3)CC2)n(C)c1. The molecule has 0 aromatic carbocycles. The summed E-state index contributed by atoms with van der Waals surface area (Å²) in [6.45, 7) is 11.1. The van der Waals surface area contributed by atoms with Crippen LogP contribution in [0, 0.1) is 5.92 Å². The molecule has 5 nitrogen and oxygen atoms in total. The maximum absolute atomic E-state index is 11.5. The van der Waals surface area contributed by atoms with Crippen LogP contribution in [0.25, 0.3) is 0 Å². The van der Waals surface area contributed by atoms with Gasteiger partial charge in [-0.05, 0) is 51.9 Å². The number of carbonyl (C=O) groups is 1. The number of rotatable bonds is 5. The largest absolute Gasteiger partial charge is 0.353 e. The van der Waals surface area contributed by atoms with Gasteiger partial charge in [-0.3, -0.25) is 9.69 Å². The number of piperidine rings is 1. The molecule has 24 heavy (non-hydrogen) atoms. The van der Waals surface area contributed by atoms with Crippen LogP contribution in [0.2, 0.25) is 0 Å². The van der Waals surface area contributed by atoms with E-state index in [-0.39, 0.29) is 5.78 Å². The fourth-order valence-corrected chi connectivity index (χ4v) is 3.91. The van der Waals surface area contributed by atoms with E-state index in [0.29, 0.717) is 0 Å². The smallest absolute Gasteiger partial charge is 0.161 e. The zero-order chi connectivity index (χ0) is 17.1. The molecular weight excluding hydrogens is 300 g/mol. The number of likely N-dealkylation sites (tertiary alicyclic amines) is 1. The molecule has 0 radical (unpaired) electrons. The summed E-state index contributed by atoms with van der Waals surface area (Å²) >= 11 is 0. The molecule has 1 aromatic heterocycles. The summed E-state index contributed by atoms with van der Waals surface area (Å²) < 4.78 is 2.10. The predicted molar refractivity (Wildman–Crippen MR) is 97.4 cm³/mol. The van der Waals surface area contributed by atoms with Crippen LogP contribution < -0.4 is 0 Å². The van der Waals surface area contributed by atoms with Gasteiger partial charge in [0.15, 0.2) is 5.78 Å². The van der Waals surface area contributed by atoms with Crippen LogP contribution in [0.1, 0.15) is 35.8 Å². The van der Waals surface area contributed by atoms with Crippen LogP contribution in [0.5, 0.6) is 0 Å². The van der Waals surface area contributed by atoms with Gasteiger partial charge in [0.05, 0.1) is 0 Å². The zero-order valence-electron chi connectivity index (χ0n) is 15.5. The number of aryl methyl sites for hydroxylation is 1. The van der Waals surface area contributed by atoms with Crippen LogP contribution in [0.15, 0.2) is 12.3 Å². The first-order chi connectivity index (χ1) is 11.5. The molecule has 0 amide bonds. The summed E-state index contributed by atoms with van der Waals surface area (Å²) in [7, 11) is 4.26. The number of piperazine rings is 1. The second-order valence-corrected chi connectivity index (χ2v) is 7.71. The van der Waals surface area contributed by atoms with Crippen LogP contribution in [-0.4, -0.2) is 77.9 Å². The third-order valence-electron chi connectivity index (χ3n) is 5.72. The van der Waals surface area contributed by atoms with Gasteiger partial charge in [0.1, 0.15) is 0 Å². The highest BCUT2D eigenvalue weighted by Gasteiger charge is 2.23. The molecule has 0 aliphatic carbocycles. The van der Waals surface area contributed by atoms with Crippen molar-refractivity contribution in [3.05, 3.63) is 23.5 Å². The Hall–Kier alpha value is -1.17. The molecule has 3 heterocycles. The van der Waals surface area contributed by atoms with E-state index in [1.165, 1.54) is 64.3 Å². The van der Waals surface area contributed by atoms with E-state index >= 15 is 0 Å². The first kappa shape index (κ1) is 17.6. The number of hydrogen-bond acceptors (Lipinski definition) is 4. The summed E-state index contributed by atoms with van der Waals surface area (Å²) in [6, 6.07) is 2.05. The lowest BCUT2D eigenvalue weighted by Gasteiger charge is -2.38. The number of likely N-dealkylation sites (N-methyl/N-ethyl adjacent to an activating group) is 1. The maximum Gasteiger partial charge on any atom is 0.161 e. The van der Waals surface area contributed by atoms with Crippen LogP contribution >= 0.6 is 0 Å². The van der Waals surface area contributed by atoms with Crippen LogP contribution in [0.3, 0.4) is 0 Å². The monoisotopic (exact) mass is 332 g/mol. The van der Waals surface area contributed by atoms with Gasteiger partial charge in [-0.15, -0.1) is 0 Å². The van der Waals surface area contributed by atoms with Crippen molar-refractivity contribution >= 4 is 5.78 Å². The summed E-state index contributed by atoms with van der Waals surface area (Å²) in [5, 5.41) is 0. The van der Waals surface area contributed by atoms with Gasteiger partial charge in [-0.2, -0.15) is 0 Å². The molecule has 1 aromatic rings. The van der Waals surface area contributed by atoms with Crippen molar-refractivity contribution in [2.24, 2.45) is 13.0 Å². The van der Waals surface area contributed by atoms with Crippen molar-refractivity contribution in [2.75, 3.05) is 52.9 Å². The molecule has 2 aliphatic rings. The molecule has 0 atom stereocenters. The molecule has 3 rings (SSSR count). The molecule has 5 heteroatoms. The number of nitrogens with zero attached hydrogens (tertiary/aromatic N) is 4. The van der Waals surface area contributed by atoms with E-state index in [1.807, 2.05) is 13.2 Å². The highest BCUT2D eigenvalue weighted by Crippen LogP contribution is 2.21. The van der Waals surface area contributed by atoms with Crippen molar-refractivity contribution in [3.63, 3.8) is 0 Å². The quantitative estimate of drug-likeness (QED) is 0.768. The third kappa shape index (κ3) is 4.47. The molecule has 2 saturated heterocycles. The second kappa shape index (κ2) is 7.81. The second-order valence-electron chi connectivity index (χ2n) is 7.71. The molecule has 0 unspecified atom stereocenters. The Morgan fingerprint density at radius 1 is 1.04 bits per heavy atom. The van der Waals surface area contributed by atoms with Crippen LogP contribution in [0.4, 0.5) is 0 Å². The topological polar surface area (TPSA) is 31.7 Å². The lowest BCUT2D eigenvalue weighted by Crippen LogP contribution is -2.47. The number of Topliss-reactive ketones (excluding diaryl/α,β-unsaturated/α-hetero) is 1. The zero-order valence-corrected chi connectivity index (χ0v) is 15.5. The van der Waals surface area contributed by atoms with Gasteiger partial charge >= 0.3 is 0 Å². The fraction of sp³-hybridized carbons (Fsp3) is 0.737. The molecule has 0 spiro atoms. The van der Waals surface area contributed by atoms with Crippen LogP contribution in [-0.2, 0) is 13.6 Å². The lowest BCUT2D eigenvalue weighted by molar-refractivity contribution is 0.101. The Balaban J connectivity index is 1.44. The van der Waals surface area contributed by atoms with E-state index in [1.54, 1.807) is 6.92 Å². The number of aromatic nitrogens is 1. The van der Waals surface area contributed by atoms with Crippen molar-refractivity contribution in [3.8, 4) is 0 Å². The van der Waals surface area contributed by atoms with E-state index in [9.17, 15) is 4.79 Å². The Kier molecular flexibility index (Phi) is 5.74. The third-order valence-corrected chi connectivity index (χ3v) is 5.72. The summed E-state index contributed by atoms with van der Waals surface area (Å²) in [5.41, 5.74) is 2.08. The Bertz CT molecular complexity index is 552. The average molecular weight is 332 g/mol. The lowest BCUT2D eigenvalue weighted by atomic mass is 9.95. The molecule has 0 bridgehead atoms. The molecule has 134 valence electrons. The standard InChI is InChI=1S/C19H32N4O/c1-16(24)18-12-19(21(3)14-18)15-22-6-4-17(5-7-22)13-23-10-8-20(2)9-11-23/h12,14,17H,4-11,13,15H2,1-3H3. The van der Waals surface area contributed by atoms with Gasteiger partial charge in [-0.1, -0.05) is 0 Å². The highest BCUT2D eigenvalue weighted by molar-refractivity contribution is 5.94. The fourth-order valence-electron chi connectivity index (χ4n) is 3.91. The van der Waals surface area contributed by atoms with Crippen molar-refractivity contribution in [1.29, 1.82) is 0 Å². The molecule has 2 aliphatic heterocycles. The number of carbonyl (C=O) groups excluding carboxylic acids is 1. The molecular formula is C19H32N4O. The molecule has 0 saturated carbocycles. The minimum Gasteiger partial charge on any atom is -0.353 e. The van der Waals surface area contributed by atoms with Gasteiger partial charge < -0.3 is 14.4 Å². The van der Waals surface area contributed by atoms with E-state index in [4.69, 9.17) is 0 Å². The van der Waals surface area contributed by atoms with Gasteiger partial charge in [0.2, 0.25) is 0 Å². The minimum atomic E-state index is 0.155. The summed E-state index contributed by atoms with van der Waals surface area (Å²) in [5.74, 6) is 1.01. The van der Waals surface area contributed by atoms with Gasteiger partial charge in [-0.25, -0.2) is 0 Å². The van der Waals surface area contributed by atoms with E-state index < -0.39 is 0 Å². The van der Waals surface area contributed by atoms with Crippen molar-refractivity contribution < 1.29 is 4.79 Å². The first-order valence-corrected chi connectivity index (χ1v) is 9.30. The highest BCUT2D eigenvalue weighted by atomic mass is 16.1. The van der Waals surface area contributed by atoms with Crippen molar-refractivity contribution in [1.82, 2.24) is 19.3 Å². The Morgan fingerprint density at radius 3 is 2.29 bits per heavy atom. The first-order valence-electron chi connectivity index (χ1n) is 9.30. The predicted octanol–water partition coefficient (Wildman–Crippen LogP) is 1.69. The average Bonchev–Trinajstić information content (AvgIpc) is 2.93. The normalized spacial score (nSPS) is 22.1. The Labute approximate surface area is 146 Å². The van der Waals surface area contributed by atoms with E-state index in [0.717, 1.165) is 18.0 Å².